The van der Waals surface area contributed by atoms with Gasteiger partial charge in [0.15, 0.2) is 5.16 Å². The van der Waals surface area contributed by atoms with Crippen LogP contribution in [-0.4, -0.2) is 39.5 Å². The maximum atomic E-state index is 12.8. The predicted molar refractivity (Wildman–Crippen MR) is 74.2 cm³/mol. The first kappa shape index (κ1) is 14.3. The van der Waals surface area contributed by atoms with Crippen molar-refractivity contribution in [2.24, 2.45) is 13.0 Å². The van der Waals surface area contributed by atoms with Gasteiger partial charge in [0.25, 0.3) is 5.92 Å². The summed E-state index contributed by atoms with van der Waals surface area (Å²) in [5, 5.41) is 12.7. The highest BCUT2D eigenvalue weighted by atomic mass is 32.2. The molecule has 0 aromatic carbocycles. The molecule has 1 aliphatic carbocycles. The molecule has 1 aromatic heterocycles. The van der Waals surface area contributed by atoms with Gasteiger partial charge in [0.2, 0.25) is 0 Å². The normalized spacial score (nSPS) is 25.9. The van der Waals surface area contributed by atoms with Crippen LogP contribution in [0, 0.1) is 5.92 Å². The van der Waals surface area contributed by atoms with E-state index in [4.69, 9.17) is 0 Å². The highest BCUT2D eigenvalue weighted by Gasteiger charge is 2.55. The van der Waals surface area contributed by atoms with Gasteiger partial charge in [-0.2, -0.15) is 0 Å². The minimum Gasteiger partial charge on any atom is -0.317 e. The number of nitrogens with zero attached hydrogens (tertiary/aromatic N) is 3. The van der Waals surface area contributed by atoms with Gasteiger partial charge in [-0.15, -0.1) is 10.2 Å². The highest BCUT2D eigenvalue weighted by molar-refractivity contribution is 7.99. The number of thioether (sulfide) groups is 1. The van der Waals surface area contributed by atoms with Gasteiger partial charge in [0.1, 0.15) is 5.82 Å². The van der Waals surface area contributed by atoms with Crippen LogP contribution in [0.5, 0.6) is 0 Å². The van der Waals surface area contributed by atoms with Crippen molar-refractivity contribution in [3.8, 4) is 0 Å². The Labute approximate surface area is 121 Å². The maximum absolute atomic E-state index is 12.8. The van der Waals surface area contributed by atoms with Crippen LogP contribution in [0.4, 0.5) is 8.78 Å². The Morgan fingerprint density at radius 2 is 2.05 bits per heavy atom. The Kier molecular flexibility index (Phi) is 3.99. The molecule has 20 heavy (non-hydrogen) atoms. The van der Waals surface area contributed by atoms with Crippen LogP contribution in [0.25, 0.3) is 0 Å². The van der Waals surface area contributed by atoms with Gasteiger partial charge in [-0.1, -0.05) is 11.8 Å². The minimum atomic E-state index is -2.40. The lowest BCUT2D eigenvalue weighted by atomic mass is 9.97. The molecule has 0 amide bonds. The Bertz CT molecular complexity index is 471. The van der Waals surface area contributed by atoms with Gasteiger partial charge in [-0.25, -0.2) is 8.78 Å². The van der Waals surface area contributed by atoms with E-state index in [1.807, 2.05) is 11.6 Å². The molecule has 1 atom stereocenters. The fraction of sp³-hybridized carbons (Fsp3) is 0.846. The first-order valence-electron chi connectivity index (χ1n) is 7.18. The van der Waals surface area contributed by atoms with E-state index in [0.29, 0.717) is 18.1 Å². The molecule has 2 heterocycles. The Balaban J connectivity index is 1.53. The number of halogens is 2. The monoisotopic (exact) mass is 302 g/mol. The van der Waals surface area contributed by atoms with Crippen molar-refractivity contribution in [3.05, 3.63) is 5.82 Å². The van der Waals surface area contributed by atoms with Crippen LogP contribution >= 0.6 is 11.8 Å². The molecule has 112 valence electrons. The largest absolute Gasteiger partial charge is 0.317 e. The first-order chi connectivity index (χ1) is 9.58. The lowest BCUT2D eigenvalue weighted by molar-refractivity contribution is 0.0983. The van der Waals surface area contributed by atoms with Gasteiger partial charge in [-0.3, -0.25) is 0 Å². The molecule has 0 unspecified atom stereocenters. The molecule has 1 saturated carbocycles. The van der Waals surface area contributed by atoms with Gasteiger partial charge in [-0.05, 0) is 32.4 Å². The number of hydrogen-bond donors (Lipinski definition) is 1. The third-order valence-corrected chi connectivity index (χ3v) is 5.28. The van der Waals surface area contributed by atoms with Crippen molar-refractivity contribution in [1.29, 1.82) is 0 Å². The van der Waals surface area contributed by atoms with Crippen molar-refractivity contribution in [2.45, 2.75) is 42.7 Å². The minimum absolute atomic E-state index is 0.0622. The van der Waals surface area contributed by atoms with Crippen molar-refractivity contribution < 1.29 is 8.78 Å². The molecular weight excluding hydrogens is 282 g/mol. The fourth-order valence-electron chi connectivity index (χ4n) is 2.76. The van der Waals surface area contributed by atoms with Crippen LogP contribution in [-0.2, 0) is 7.05 Å². The van der Waals surface area contributed by atoms with E-state index in [2.05, 4.69) is 15.5 Å². The lowest BCUT2D eigenvalue weighted by Crippen LogP contribution is -2.27. The number of rotatable bonds is 5. The number of piperidine rings is 1. The number of aromatic nitrogens is 3. The third kappa shape index (κ3) is 2.98. The summed E-state index contributed by atoms with van der Waals surface area (Å²) < 4.78 is 27.6. The van der Waals surface area contributed by atoms with Gasteiger partial charge >= 0.3 is 0 Å². The molecule has 0 radical (unpaired) electrons. The second kappa shape index (κ2) is 5.60. The summed E-state index contributed by atoms with van der Waals surface area (Å²) in [6.07, 6.45) is 2.80. The molecule has 1 N–H and O–H groups in total. The standard InChI is InChI=1S/C13H20F2N4S/c1-19-11(9-2-5-16-6-3-9)17-18-12(19)20-7-4-10-8-13(10,14)15/h9-10,16H,2-8H2,1H3/t10-/m1/s1. The van der Waals surface area contributed by atoms with E-state index in [1.54, 1.807) is 11.8 Å². The summed E-state index contributed by atoms with van der Waals surface area (Å²) in [4.78, 5) is 0. The molecule has 3 rings (SSSR count). The molecule has 0 spiro atoms. The zero-order valence-electron chi connectivity index (χ0n) is 11.6. The fourth-order valence-corrected chi connectivity index (χ4v) is 3.73. The van der Waals surface area contributed by atoms with Gasteiger partial charge in [0.05, 0.1) is 0 Å². The zero-order valence-corrected chi connectivity index (χ0v) is 12.4. The predicted octanol–water partition coefficient (Wildman–Crippen LogP) is 2.42. The van der Waals surface area contributed by atoms with Crippen LogP contribution in [0.3, 0.4) is 0 Å². The molecule has 1 aromatic rings. The Morgan fingerprint density at radius 3 is 2.70 bits per heavy atom. The van der Waals surface area contributed by atoms with Crippen LogP contribution in [0.15, 0.2) is 5.16 Å². The molecule has 4 nitrogen and oxygen atoms in total. The summed E-state index contributed by atoms with van der Waals surface area (Å²) in [6, 6.07) is 0. The molecule has 1 aliphatic heterocycles. The highest BCUT2D eigenvalue weighted by Crippen LogP contribution is 2.51. The van der Waals surface area contributed by atoms with Crippen LogP contribution in [0.1, 0.15) is 37.4 Å². The topological polar surface area (TPSA) is 42.7 Å². The molecule has 2 aliphatic rings. The SMILES string of the molecule is Cn1c(SCC[C@@H]2CC2(F)F)nnc1C1CCNCC1. The molecular formula is C13H20F2N4S. The molecule has 1 saturated heterocycles. The van der Waals surface area contributed by atoms with E-state index in [9.17, 15) is 8.78 Å². The molecule has 7 heteroatoms. The maximum Gasteiger partial charge on any atom is 0.251 e. The Morgan fingerprint density at radius 1 is 1.35 bits per heavy atom. The Hall–Kier alpha value is -0.690. The van der Waals surface area contributed by atoms with E-state index in [0.717, 1.165) is 36.9 Å². The quantitative estimate of drug-likeness (QED) is 0.848. The van der Waals surface area contributed by atoms with E-state index < -0.39 is 11.8 Å². The van der Waals surface area contributed by atoms with Crippen molar-refractivity contribution in [2.75, 3.05) is 18.8 Å². The number of nitrogens with one attached hydrogen (secondary N) is 1. The second-order valence-electron chi connectivity index (χ2n) is 5.72. The number of hydrogen-bond acceptors (Lipinski definition) is 4. The lowest BCUT2D eigenvalue weighted by Gasteiger charge is -2.21. The summed E-state index contributed by atoms with van der Waals surface area (Å²) in [7, 11) is 1.98. The van der Waals surface area contributed by atoms with E-state index in [1.165, 1.54) is 0 Å². The van der Waals surface area contributed by atoms with E-state index >= 15 is 0 Å². The molecule has 0 bridgehead atoms. The third-order valence-electron chi connectivity index (χ3n) is 4.23. The summed E-state index contributed by atoms with van der Waals surface area (Å²) in [6.45, 7) is 2.05. The van der Waals surface area contributed by atoms with Crippen molar-refractivity contribution in [3.63, 3.8) is 0 Å². The van der Waals surface area contributed by atoms with Gasteiger partial charge < -0.3 is 9.88 Å². The zero-order chi connectivity index (χ0) is 14.2. The second-order valence-corrected chi connectivity index (χ2v) is 6.79. The average Bonchev–Trinajstić information content (AvgIpc) is 2.88. The molecule has 2 fully saturated rings. The summed E-state index contributed by atoms with van der Waals surface area (Å²) in [5.41, 5.74) is 0. The van der Waals surface area contributed by atoms with Gasteiger partial charge in [0, 0.05) is 31.1 Å². The van der Waals surface area contributed by atoms with E-state index in [-0.39, 0.29) is 6.42 Å². The average molecular weight is 302 g/mol. The summed E-state index contributed by atoms with van der Waals surface area (Å²) in [5.74, 6) is -0.618. The van der Waals surface area contributed by atoms with Crippen LogP contribution < -0.4 is 5.32 Å². The summed E-state index contributed by atoms with van der Waals surface area (Å²) >= 11 is 1.54. The van der Waals surface area contributed by atoms with Crippen molar-refractivity contribution in [1.82, 2.24) is 20.1 Å². The smallest absolute Gasteiger partial charge is 0.251 e. The number of alkyl halides is 2. The van der Waals surface area contributed by atoms with Crippen LogP contribution in [0.2, 0.25) is 0 Å². The van der Waals surface area contributed by atoms with Crippen molar-refractivity contribution >= 4 is 11.8 Å². The first-order valence-corrected chi connectivity index (χ1v) is 8.17.